The van der Waals surface area contributed by atoms with Gasteiger partial charge in [-0.2, -0.15) is 0 Å². The summed E-state index contributed by atoms with van der Waals surface area (Å²) in [7, 11) is -3.38. The predicted octanol–water partition coefficient (Wildman–Crippen LogP) is 2.33. The summed E-state index contributed by atoms with van der Waals surface area (Å²) >= 11 is 0. The summed E-state index contributed by atoms with van der Waals surface area (Å²) in [6.45, 7) is 5.28. The van der Waals surface area contributed by atoms with Crippen molar-refractivity contribution in [3.05, 3.63) is 29.3 Å². The molecular formula is C17H26N2O2S. The predicted molar refractivity (Wildman–Crippen MR) is 88.5 cm³/mol. The van der Waals surface area contributed by atoms with E-state index in [-0.39, 0.29) is 6.04 Å². The molecule has 0 unspecified atom stereocenters. The van der Waals surface area contributed by atoms with Gasteiger partial charge in [-0.15, -0.1) is 0 Å². The number of piperidine rings is 1. The van der Waals surface area contributed by atoms with Gasteiger partial charge >= 0.3 is 0 Å². The molecular weight excluding hydrogens is 296 g/mol. The van der Waals surface area contributed by atoms with Crippen LogP contribution in [-0.4, -0.2) is 39.0 Å². The first-order valence-electron chi connectivity index (χ1n) is 8.45. The SMILES string of the molecule is CCCN1CCC(NS(=O)(=O)c2ccc3c(c2)CCC3)CC1. The zero-order valence-electron chi connectivity index (χ0n) is 13.3. The molecule has 1 aliphatic heterocycles. The van der Waals surface area contributed by atoms with Crippen LogP contribution in [0.5, 0.6) is 0 Å². The molecule has 122 valence electrons. The zero-order valence-corrected chi connectivity index (χ0v) is 14.2. The van der Waals surface area contributed by atoms with Gasteiger partial charge in [-0.3, -0.25) is 0 Å². The van der Waals surface area contributed by atoms with Crippen LogP contribution in [0.3, 0.4) is 0 Å². The van der Waals surface area contributed by atoms with Crippen molar-refractivity contribution in [2.45, 2.75) is 56.4 Å². The Morgan fingerprint density at radius 2 is 1.91 bits per heavy atom. The molecule has 22 heavy (non-hydrogen) atoms. The van der Waals surface area contributed by atoms with E-state index < -0.39 is 10.0 Å². The molecule has 3 rings (SSSR count). The third kappa shape index (κ3) is 3.53. The molecule has 0 saturated carbocycles. The van der Waals surface area contributed by atoms with Gasteiger partial charge in [-0.05, 0) is 81.4 Å². The summed E-state index contributed by atoms with van der Waals surface area (Å²) in [4.78, 5) is 2.85. The zero-order chi connectivity index (χ0) is 15.6. The number of aryl methyl sites for hydroxylation is 2. The molecule has 1 fully saturated rings. The first-order valence-corrected chi connectivity index (χ1v) is 9.93. The molecule has 0 radical (unpaired) electrons. The lowest BCUT2D eigenvalue weighted by Gasteiger charge is -2.31. The second kappa shape index (κ2) is 6.69. The number of likely N-dealkylation sites (tertiary alicyclic amines) is 1. The Bertz CT molecular complexity index is 620. The second-order valence-electron chi connectivity index (χ2n) is 6.52. The lowest BCUT2D eigenvalue weighted by Crippen LogP contribution is -2.44. The van der Waals surface area contributed by atoms with E-state index in [1.165, 1.54) is 11.1 Å². The Morgan fingerprint density at radius 1 is 1.18 bits per heavy atom. The van der Waals surface area contributed by atoms with Gasteiger partial charge in [0.1, 0.15) is 0 Å². The smallest absolute Gasteiger partial charge is 0.240 e. The summed E-state index contributed by atoms with van der Waals surface area (Å²) in [6.07, 6.45) is 6.20. The van der Waals surface area contributed by atoms with Crippen molar-refractivity contribution in [3.8, 4) is 0 Å². The minimum Gasteiger partial charge on any atom is -0.303 e. The fourth-order valence-electron chi connectivity index (χ4n) is 3.59. The Kier molecular flexibility index (Phi) is 4.85. The molecule has 0 amide bonds. The van der Waals surface area contributed by atoms with Crippen molar-refractivity contribution in [2.24, 2.45) is 0 Å². The largest absolute Gasteiger partial charge is 0.303 e. The highest BCUT2D eigenvalue weighted by Crippen LogP contribution is 2.25. The van der Waals surface area contributed by atoms with Crippen LogP contribution in [-0.2, 0) is 22.9 Å². The van der Waals surface area contributed by atoms with Crippen molar-refractivity contribution >= 4 is 10.0 Å². The summed E-state index contributed by atoms with van der Waals surface area (Å²) in [6, 6.07) is 5.70. The van der Waals surface area contributed by atoms with E-state index >= 15 is 0 Å². The number of nitrogens with zero attached hydrogens (tertiary/aromatic N) is 1. The van der Waals surface area contributed by atoms with Crippen LogP contribution in [0.2, 0.25) is 0 Å². The minimum atomic E-state index is -3.38. The molecule has 0 atom stereocenters. The Labute approximate surface area is 134 Å². The first kappa shape index (κ1) is 16.0. The van der Waals surface area contributed by atoms with E-state index in [4.69, 9.17) is 0 Å². The van der Waals surface area contributed by atoms with Gasteiger partial charge in [0.15, 0.2) is 0 Å². The quantitative estimate of drug-likeness (QED) is 0.905. The van der Waals surface area contributed by atoms with Crippen molar-refractivity contribution in [1.29, 1.82) is 0 Å². The van der Waals surface area contributed by atoms with Gasteiger partial charge in [-0.1, -0.05) is 13.0 Å². The standard InChI is InChI=1S/C17H26N2O2S/c1-2-10-19-11-8-16(9-12-19)18-22(20,21)17-7-6-14-4-3-5-15(14)13-17/h6-7,13,16,18H,2-5,8-12H2,1H3. The average Bonchev–Trinajstić information content (AvgIpc) is 2.97. The molecule has 1 aromatic carbocycles. The number of benzene rings is 1. The van der Waals surface area contributed by atoms with Gasteiger partial charge in [0.25, 0.3) is 0 Å². The fraction of sp³-hybridized carbons (Fsp3) is 0.647. The number of nitrogens with one attached hydrogen (secondary N) is 1. The summed E-state index contributed by atoms with van der Waals surface area (Å²) in [5.74, 6) is 0. The number of fused-ring (bicyclic) bond motifs is 1. The van der Waals surface area contributed by atoms with E-state index in [2.05, 4.69) is 16.5 Å². The molecule has 1 heterocycles. The Hall–Kier alpha value is -0.910. The third-order valence-electron chi connectivity index (χ3n) is 4.83. The van der Waals surface area contributed by atoms with E-state index in [9.17, 15) is 8.42 Å². The lowest BCUT2D eigenvalue weighted by atomic mass is 10.1. The summed E-state index contributed by atoms with van der Waals surface area (Å²) in [5.41, 5.74) is 2.52. The topological polar surface area (TPSA) is 49.4 Å². The van der Waals surface area contributed by atoms with Gasteiger partial charge in [0.05, 0.1) is 4.90 Å². The first-order chi connectivity index (χ1) is 10.6. The van der Waals surface area contributed by atoms with Crippen molar-refractivity contribution in [1.82, 2.24) is 9.62 Å². The Morgan fingerprint density at radius 3 is 2.64 bits per heavy atom. The van der Waals surface area contributed by atoms with Crippen LogP contribution in [0.1, 0.15) is 43.7 Å². The van der Waals surface area contributed by atoms with Crippen LogP contribution >= 0.6 is 0 Å². The number of hydrogen-bond acceptors (Lipinski definition) is 3. The maximum Gasteiger partial charge on any atom is 0.240 e. The van der Waals surface area contributed by atoms with Gasteiger partial charge in [0, 0.05) is 6.04 Å². The fourth-order valence-corrected chi connectivity index (χ4v) is 4.95. The van der Waals surface area contributed by atoms with Gasteiger partial charge in [-0.25, -0.2) is 13.1 Å². The van der Waals surface area contributed by atoms with Gasteiger partial charge < -0.3 is 4.90 Å². The molecule has 5 heteroatoms. The molecule has 4 nitrogen and oxygen atoms in total. The molecule has 1 aromatic rings. The van der Waals surface area contributed by atoms with E-state index in [0.717, 1.165) is 58.2 Å². The highest BCUT2D eigenvalue weighted by atomic mass is 32.2. The van der Waals surface area contributed by atoms with Gasteiger partial charge in [0.2, 0.25) is 10.0 Å². The number of sulfonamides is 1. The van der Waals surface area contributed by atoms with Crippen LogP contribution in [0.4, 0.5) is 0 Å². The highest BCUT2D eigenvalue weighted by molar-refractivity contribution is 7.89. The lowest BCUT2D eigenvalue weighted by molar-refractivity contribution is 0.208. The molecule has 0 bridgehead atoms. The molecule has 2 aliphatic rings. The van der Waals surface area contributed by atoms with Crippen LogP contribution in [0.25, 0.3) is 0 Å². The molecule has 1 saturated heterocycles. The maximum atomic E-state index is 12.6. The van der Waals surface area contributed by atoms with Crippen molar-refractivity contribution < 1.29 is 8.42 Å². The van der Waals surface area contributed by atoms with Crippen LogP contribution in [0, 0.1) is 0 Å². The third-order valence-corrected chi connectivity index (χ3v) is 6.35. The number of hydrogen-bond donors (Lipinski definition) is 1. The minimum absolute atomic E-state index is 0.0753. The summed E-state index contributed by atoms with van der Waals surface area (Å²) < 4.78 is 28.1. The molecule has 0 aromatic heterocycles. The van der Waals surface area contributed by atoms with Crippen molar-refractivity contribution in [3.63, 3.8) is 0 Å². The monoisotopic (exact) mass is 322 g/mol. The Balaban J connectivity index is 1.64. The summed E-state index contributed by atoms with van der Waals surface area (Å²) in [5, 5.41) is 0. The molecule has 0 spiro atoms. The highest BCUT2D eigenvalue weighted by Gasteiger charge is 2.25. The average molecular weight is 322 g/mol. The normalized spacial score (nSPS) is 20.2. The van der Waals surface area contributed by atoms with E-state index in [0.29, 0.717) is 4.90 Å². The maximum absolute atomic E-state index is 12.6. The van der Waals surface area contributed by atoms with Crippen LogP contribution in [0.15, 0.2) is 23.1 Å². The van der Waals surface area contributed by atoms with E-state index in [1.54, 1.807) is 6.07 Å². The second-order valence-corrected chi connectivity index (χ2v) is 8.24. The molecule has 1 N–H and O–H groups in total. The van der Waals surface area contributed by atoms with Crippen LogP contribution < -0.4 is 4.72 Å². The van der Waals surface area contributed by atoms with E-state index in [1.807, 2.05) is 12.1 Å². The number of rotatable bonds is 5. The van der Waals surface area contributed by atoms with Crippen molar-refractivity contribution in [2.75, 3.05) is 19.6 Å². The molecule has 1 aliphatic carbocycles.